The summed E-state index contributed by atoms with van der Waals surface area (Å²) in [6.45, 7) is 3.49. The third kappa shape index (κ3) is 4.93. The summed E-state index contributed by atoms with van der Waals surface area (Å²) in [5.41, 5.74) is 0. The van der Waals surface area contributed by atoms with Crippen molar-refractivity contribution in [3.05, 3.63) is 11.8 Å². The molecule has 0 radical (unpaired) electrons. The molecule has 1 fully saturated rings. The molecule has 11 heavy (non-hydrogen) atoms. The average molecular weight is 187 g/mol. The molecule has 1 aliphatic carbocycles. The van der Waals surface area contributed by atoms with E-state index in [4.69, 9.17) is 16.3 Å². The third-order valence-corrected chi connectivity index (χ3v) is 1.94. The molecule has 0 bridgehead atoms. The van der Waals surface area contributed by atoms with Gasteiger partial charge in [-0.05, 0) is 43.9 Å². The topological polar surface area (TPSA) is 9.23 Å². The Kier molecular flexibility index (Phi) is 6.48. The van der Waals surface area contributed by atoms with Crippen molar-refractivity contribution in [2.45, 2.75) is 38.2 Å². The third-order valence-electron chi connectivity index (χ3n) is 1.85. The summed E-state index contributed by atoms with van der Waals surface area (Å²) in [7, 11) is 0. The van der Waals surface area contributed by atoms with E-state index < -0.39 is 0 Å². The van der Waals surface area contributed by atoms with Crippen LogP contribution in [-0.4, -0.2) is 29.2 Å². The summed E-state index contributed by atoms with van der Waals surface area (Å²) >= 11 is 5.49. The largest absolute Gasteiger partial charge is 2.00 e. The normalized spacial score (nSPS) is 18.6. The number of hydrogen-bond donors (Lipinski definition) is 0. The summed E-state index contributed by atoms with van der Waals surface area (Å²) in [5, 5.41) is 0.340. The Morgan fingerprint density at radius 2 is 1.91 bits per heavy atom. The van der Waals surface area contributed by atoms with Gasteiger partial charge in [0, 0.05) is 0 Å². The van der Waals surface area contributed by atoms with E-state index in [1.54, 1.807) is 0 Å². The summed E-state index contributed by atoms with van der Waals surface area (Å²) in [6.07, 6.45) is 6.52. The predicted molar refractivity (Wildman–Crippen MR) is 50.9 cm³/mol. The van der Waals surface area contributed by atoms with Crippen molar-refractivity contribution in [2.24, 2.45) is 0 Å². The summed E-state index contributed by atoms with van der Waals surface area (Å²) < 4.78 is 5.26. The molecule has 0 atom stereocenters. The van der Waals surface area contributed by atoms with Crippen molar-refractivity contribution in [1.82, 2.24) is 0 Å². The Balaban J connectivity index is -0.000000333. The molecule has 0 saturated heterocycles. The number of rotatable bonds is 2. The van der Waals surface area contributed by atoms with Gasteiger partial charge >= 0.3 is 23.1 Å². The molecule has 0 aliphatic heterocycles. The number of halogens is 1. The summed E-state index contributed by atoms with van der Waals surface area (Å²) in [4.78, 5) is 0. The molecule has 3 heteroatoms. The Morgan fingerprint density at radius 1 is 1.36 bits per heavy atom. The van der Waals surface area contributed by atoms with Gasteiger partial charge in [-0.2, -0.15) is 0 Å². The van der Waals surface area contributed by atoms with Crippen molar-refractivity contribution in [3.8, 4) is 0 Å². The molecular weight excluding hydrogens is 172 g/mol. The Morgan fingerprint density at radius 3 is 2.36 bits per heavy atom. The van der Waals surface area contributed by atoms with E-state index in [1.165, 1.54) is 19.3 Å². The van der Waals surface area contributed by atoms with Crippen LogP contribution in [0.3, 0.4) is 0 Å². The molecule has 1 nitrogen and oxygen atoms in total. The minimum Gasteiger partial charge on any atom is -1.00 e. The maximum absolute atomic E-state index is 5.49. The first-order chi connectivity index (χ1) is 4.79. The van der Waals surface area contributed by atoms with Gasteiger partial charge in [-0.1, -0.05) is 6.42 Å². The van der Waals surface area contributed by atoms with Crippen molar-refractivity contribution in [1.29, 1.82) is 0 Å². The zero-order valence-corrected chi connectivity index (χ0v) is 8.98. The van der Waals surface area contributed by atoms with E-state index in [9.17, 15) is 0 Å². The minimum absolute atomic E-state index is 0. The first kappa shape index (κ1) is 11.6. The van der Waals surface area contributed by atoms with Gasteiger partial charge in [0.2, 0.25) is 0 Å². The van der Waals surface area contributed by atoms with Gasteiger partial charge in [0.25, 0.3) is 0 Å². The molecule has 1 saturated carbocycles. The molecule has 1 aliphatic rings. The van der Waals surface area contributed by atoms with Crippen LogP contribution in [0, 0.1) is 0 Å². The van der Waals surface area contributed by atoms with E-state index in [-0.39, 0.29) is 25.9 Å². The number of ether oxygens (including phenoxy) is 1. The van der Waals surface area contributed by atoms with E-state index in [0.717, 1.165) is 12.8 Å². The van der Waals surface area contributed by atoms with Crippen LogP contribution in [0.4, 0.5) is 0 Å². The van der Waals surface area contributed by atoms with Crippen LogP contribution in [0.25, 0.3) is 0 Å². The number of hydrogen-bond acceptors (Lipinski definition) is 1. The zero-order chi connectivity index (χ0) is 7.40. The van der Waals surface area contributed by atoms with Crippen molar-refractivity contribution < 1.29 is 7.59 Å². The molecule has 0 aromatic heterocycles. The maximum atomic E-state index is 5.49. The monoisotopic (exact) mass is 186 g/mol. The molecule has 0 amide bonds. The molecule has 0 aromatic carbocycles. The smallest absolute Gasteiger partial charge is 1.00 e. The van der Waals surface area contributed by atoms with Gasteiger partial charge in [-0.3, -0.25) is 0 Å². The first-order valence-electron chi connectivity index (χ1n) is 3.80. The summed E-state index contributed by atoms with van der Waals surface area (Å²) in [5.74, 6) is 0. The van der Waals surface area contributed by atoms with Gasteiger partial charge in [0.05, 0.1) is 6.10 Å². The minimum atomic E-state index is 0. The second kappa shape index (κ2) is 6.15. The van der Waals surface area contributed by atoms with Gasteiger partial charge in [0.1, 0.15) is 0 Å². The van der Waals surface area contributed by atoms with E-state index in [0.29, 0.717) is 11.3 Å². The van der Waals surface area contributed by atoms with Crippen molar-refractivity contribution in [3.63, 3.8) is 0 Å². The zero-order valence-electron chi connectivity index (χ0n) is 8.81. The van der Waals surface area contributed by atoms with Gasteiger partial charge in [-0.15, -0.1) is 0 Å². The standard InChI is InChI=1S/C8H13ClO.Mg.2H/c1-7(9)10-8-5-3-2-4-6-8;;;/h8H,1-6H2;;;/q;+2;2*-1. The van der Waals surface area contributed by atoms with Crippen molar-refractivity contribution in [2.75, 3.05) is 0 Å². The molecule has 62 valence electrons. The fourth-order valence-electron chi connectivity index (χ4n) is 1.36. The van der Waals surface area contributed by atoms with Crippen LogP contribution in [0.2, 0.25) is 0 Å². The van der Waals surface area contributed by atoms with Gasteiger partial charge < -0.3 is 7.59 Å². The van der Waals surface area contributed by atoms with Crippen molar-refractivity contribution >= 4 is 34.7 Å². The second-order valence-corrected chi connectivity index (χ2v) is 3.15. The quantitative estimate of drug-likeness (QED) is 0.477. The predicted octanol–water partition coefficient (Wildman–Crippen LogP) is 2.89. The Labute approximate surface area is 92.3 Å². The van der Waals surface area contributed by atoms with Crippen LogP contribution in [0.5, 0.6) is 0 Å². The summed E-state index contributed by atoms with van der Waals surface area (Å²) in [6, 6.07) is 0. The van der Waals surface area contributed by atoms with E-state index in [2.05, 4.69) is 6.58 Å². The van der Waals surface area contributed by atoms with Crippen LogP contribution in [-0.2, 0) is 4.74 Å². The molecule has 1 rings (SSSR count). The second-order valence-electron chi connectivity index (χ2n) is 2.73. The average Bonchev–Trinajstić information content (AvgIpc) is 1.88. The molecule has 0 heterocycles. The first-order valence-corrected chi connectivity index (χ1v) is 4.18. The van der Waals surface area contributed by atoms with E-state index in [1.807, 2.05) is 0 Å². The maximum Gasteiger partial charge on any atom is 2.00 e. The SMILES string of the molecule is C=C(Cl)OC1CCCCC1.[H-].[H-].[Mg+2]. The van der Waals surface area contributed by atoms with Crippen LogP contribution >= 0.6 is 11.6 Å². The van der Waals surface area contributed by atoms with Gasteiger partial charge in [-0.25, -0.2) is 0 Å². The molecule has 0 spiro atoms. The molecule has 0 N–H and O–H groups in total. The molecule has 0 unspecified atom stereocenters. The Bertz CT molecular complexity index is 129. The van der Waals surface area contributed by atoms with Crippen LogP contribution < -0.4 is 0 Å². The fraction of sp³-hybridized carbons (Fsp3) is 0.750. The van der Waals surface area contributed by atoms with Crippen LogP contribution in [0.1, 0.15) is 35.0 Å². The molecule has 0 aromatic rings. The molecular formula is C8H15ClMgO. The van der Waals surface area contributed by atoms with E-state index >= 15 is 0 Å². The Hall–Kier alpha value is 0.596. The van der Waals surface area contributed by atoms with Gasteiger partial charge in [0.15, 0.2) is 5.22 Å². The van der Waals surface area contributed by atoms with Crippen LogP contribution in [0.15, 0.2) is 11.8 Å². The fourth-order valence-corrected chi connectivity index (χ4v) is 1.49.